The molecule has 2 N–H and O–H groups in total. The summed E-state index contributed by atoms with van der Waals surface area (Å²) in [6, 6.07) is 17.1. The fraction of sp³-hybridized carbons (Fsp3) is 0.208. The number of aliphatic imine (C=N–C) groups is 1. The standard InChI is InChI=1S/C24H21BrClFN2O2/c1-2-31-17-7-3-14(4-8-17)21-13-22(19-12-16(26)6-10-23(19)30)29-24(28-21)18-11-15(25)5-9-20(18)27/h3-12,22,24,29-30H,2,13H2,1H3/t22-,24+/m0/s1. The molecule has 160 valence electrons. The third kappa shape index (κ3) is 4.92. The maximum atomic E-state index is 14.7. The van der Waals surface area contributed by atoms with Crippen LogP contribution in [0.1, 0.15) is 42.2 Å². The number of nitrogens with one attached hydrogen (secondary N) is 1. The number of aromatic hydroxyl groups is 1. The zero-order valence-corrected chi connectivity index (χ0v) is 19.1. The highest BCUT2D eigenvalue weighted by Crippen LogP contribution is 2.37. The summed E-state index contributed by atoms with van der Waals surface area (Å²) in [5, 5.41) is 14.3. The van der Waals surface area contributed by atoms with Gasteiger partial charge in [0.15, 0.2) is 0 Å². The van der Waals surface area contributed by atoms with Gasteiger partial charge in [-0.05, 0) is 73.2 Å². The van der Waals surface area contributed by atoms with Crippen LogP contribution in [0.3, 0.4) is 0 Å². The topological polar surface area (TPSA) is 53.8 Å². The first-order chi connectivity index (χ1) is 14.9. The van der Waals surface area contributed by atoms with E-state index in [0.29, 0.717) is 29.2 Å². The molecule has 0 fully saturated rings. The summed E-state index contributed by atoms with van der Waals surface area (Å²) in [7, 11) is 0. The Balaban J connectivity index is 1.77. The van der Waals surface area contributed by atoms with Gasteiger partial charge >= 0.3 is 0 Å². The Hall–Kier alpha value is -2.41. The van der Waals surface area contributed by atoms with Crippen LogP contribution < -0.4 is 10.1 Å². The van der Waals surface area contributed by atoms with Crippen molar-refractivity contribution >= 4 is 33.2 Å². The number of hydrogen-bond acceptors (Lipinski definition) is 4. The number of ether oxygens (including phenoxy) is 1. The van der Waals surface area contributed by atoms with Crippen LogP contribution >= 0.6 is 27.5 Å². The predicted molar refractivity (Wildman–Crippen MR) is 125 cm³/mol. The first-order valence-corrected chi connectivity index (χ1v) is 11.1. The van der Waals surface area contributed by atoms with Gasteiger partial charge < -0.3 is 9.84 Å². The minimum Gasteiger partial charge on any atom is -0.508 e. The van der Waals surface area contributed by atoms with Crippen molar-refractivity contribution < 1.29 is 14.2 Å². The van der Waals surface area contributed by atoms with Crippen LogP contribution in [0.25, 0.3) is 0 Å². The minimum atomic E-state index is -0.629. The average molecular weight is 504 g/mol. The molecule has 3 aromatic rings. The van der Waals surface area contributed by atoms with Gasteiger partial charge in [-0.15, -0.1) is 0 Å². The smallest absolute Gasteiger partial charge is 0.129 e. The third-order valence-electron chi connectivity index (χ3n) is 5.16. The molecule has 0 aliphatic carbocycles. The van der Waals surface area contributed by atoms with Gasteiger partial charge in [0.25, 0.3) is 0 Å². The quantitative estimate of drug-likeness (QED) is 0.414. The van der Waals surface area contributed by atoms with E-state index in [0.717, 1.165) is 21.5 Å². The van der Waals surface area contributed by atoms with Crippen molar-refractivity contribution in [3.8, 4) is 11.5 Å². The van der Waals surface area contributed by atoms with Crippen LogP contribution in [0.5, 0.6) is 11.5 Å². The van der Waals surface area contributed by atoms with Crippen LogP contribution in [0.15, 0.2) is 70.1 Å². The Kier molecular flexibility index (Phi) is 6.60. The maximum Gasteiger partial charge on any atom is 0.129 e. The molecule has 0 bridgehead atoms. The number of rotatable bonds is 5. The van der Waals surface area contributed by atoms with E-state index in [1.54, 1.807) is 30.3 Å². The fourth-order valence-electron chi connectivity index (χ4n) is 3.68. The largest absolute Gasteiger partial charge is 0.508 e. The summed E-state index contributed by atoms with van der Waals surface area (Å²) in [6.07, 6.45) is -0.121. The monoisotopic (exact) mass is 502 g/mol. The first kappa shape index (κ1) is 21.8. The summed E-state index contributed by atoms with van der Waals surface area (Å²) in [5.41, 5.74) is 2.78. The van der Waals surface area contributed by atoms with Gasteiger partial charge in [0.1, 0.15) is 23.5 Å². The van der Waals surface area contributed by atoms with Crippen LogP contribution in [0.2, 0.25) is 5.02 Å². The van der Waals surface area contributed by atoms with Crippen molar-refractivity contribution in [3.63, 3.8) is 0 Å². The van der Waals surface area contributed by atoms with Crippen molar-refractivity contribution in [2.75, 3.05) is 6.61 Å². The summed E-state index contributed by atoms with van der Waals surface area (Å²) in [4.78, 5) is 4.82. The number of phenols is 1. The lowest BCUT2D eigenvalue weighted by Gasteiger charge is -2.31. The fourth-order valence-corrected chi connectivity index (χ4v) is 4.24. The van der Waals surface area contributed by atoms with Gasteiger partial charge in [0, 0.05) is 38.8 Å². The Bertz CT molecular complexity index is 1120. The van der Waals surface area contributed by atoms with Gasteiger partial charge in [0.05, 0.1) is 6.61 Å². The molecule has 4 nitrogen and oxygen atoms in total. The van der Waals surface area contributed by atoms with Gasteiger partial charge in [0.2, 0.25) is 0 Å². The molecule has 0 amide bonds. The van der Waals surface area contributed by atoms with Crippen molar-refractivity contribution in [2.24, 2.45) is 4.99 Å². The van der Waals surface area contributed by atoms with E-state index in [4.69, 9.17) is 21.3 Å². The third-order valence-corrected chi connectivity index (χ3v) is 5.89. The van der Waals surface area contributed by atoms with Gasteiger partial charge in [-0.2, -0.15) is 0 Å². The van der Waals surface area contributed by atoms with Gasteiger partial charge in [-0.1, -0.05) is 27.5 Å². The number of halogens is 3. The van der Waals surface area contributed by atoms with Crippen molar-refractivity contribution in [2.45, 2.75) is 25.6 Å². The van der Waals surface area contributed by atoms with Crippen molar-refractivity contribution in [1.29, 1.82) is 0 Å². The Morgan fingerprint density at radius 1 is 1.13 bits per heavy atom. The van der Waals surface area contributed by atoms with Crippen LogP contribution in [0.4, 0.5) is 4.39 Å². The first-order valence-electron chi connectivity index (χ1n) is 9.94. The maximum absolute atomic E-state index is 14.7. The Morgan fingerprint density at radius 2 is 1.90 bits per heavy atom. The minimum absolute atomic E-state index is 0.128. The molecule has 31 heavy (non-hydrogen) atoms. The van der Waals surface area contributed by atoms with E-state index >= 15 is 0 Å². The molecule has 0 aromatic heterocycles. The molecule has 0 spiro atoms. The summed E-state index contributed by atoms with van der Waals surface area (Å²) < 4.78 is 21.0. The molecular formula is C24H21BrClFN2O2. The van der Waals surface area contributed by atoms with E-state index in [9.17, 15) is 9.50 Å². The predicted octanol–water partition coefficient (Wildman–Crippen LogP) is 6.57. The lowest BCUT2D eigenvalue weighted by molar-refractivity contribution is 0.340. The number of phenolic OH excluding ortho intramolecular Hbond substituents is 1. The van der Waals surface area contributed by atoms with E-state index in [1.165, 1.54) is 6.07 Å². The van der Waals surface area contributed by atoms with Crippen molar-refractivity contribution in [3.05, 3.63) is 92.7 Å². The zero-order valence-electron chi connectivity index (χ0n) is 16.8. The summed E-state index contributed by atoms with van der Waals surface area (Å²) >= 11 is 9.60. The average Bonchev–Trinajstić information content (AvgIpc) is 2.77. The lowest BCUT2D eigenvalue weighted by Crippen LogP contribution is -2.33. The Labute approximate surface area is 193 Å². The molecule has 1 heterocycles. The van der Waals surface area contributed by atoms with E-state index in [1.807, 2.05) is 31.2 Å². The van der Waals surface area contributed by atoms with E-state index in [2.05, 4.69) is 21.2 Å². The second kappa shape index (κ2) is 9.39. The molecule has 1 aliphatic rings. The molecule has 0 unspecified atom stereocenters. The molecule has 1 aliphatic heterocycles. The Morgan fingerprint density at radius 3 is 2.65 bits per heavy atom. The molecule has 0 radical (unpaired) electrons. The SMILES string of the molecule is CCOc1ccc(C2=N[C@@H](c3cc(Br)ccc3F)N[C@H](c3cc(Cl)ccc3O)C2)cc1. The molecule has 3 aromatic carbocycles. The normalized spacial score (nSPS) is 18.5. The van der Waals surface area contributed by atoms with Crippen molar-refractivity contribution in [1.82, 2.24) is 5.32 Å². The number of nitrogens with zero attached hydrogens (tertiary/aromatic N) is 1. The molecule has 4 rings (SSSR count). The highest BCUT2D eigenvalue weighted by atomic mass is 79.9. The summed E-state index contributed by atoms with van der Waals surface area (Å²) in [5.74, 6) is 0.550. The second-order valence-corrected chi connectivity index (χ2v) is 8.58. The lowest BCUT2D eigenvalue weighted by atomic mass is 9.93. The molecule has 0 saturated heterocycles. The van der Waals surface area contributed by atoms with Crippen LogP contribution in [-0.4, -0.2) is 17.4 Å². The highest BCUT2D eigenvalue weighted by molar-refractivity contribution is 9.10. The van der Waals surface area contributed by atoms with Gasteiger partial charge in [-0.3, -0.25) is 10.3 Å². The molecule has 2 atom stereocenters. The molecule has 7 heteroatoms. The second-order valence-electron chi connectivity index (χ2n) is 7.23. The van der Waals surface area contributed by atoms with Gasteiger partial charge in [-0.25, -0.2) is 4.39 Å². The zero-order chi connectivity index (χ0) is 22.0. The van der Waals surface area contributed by atoms with E-state index in [-0.39, 0.29) is 17.6 Å². The van der Waals surface area contributed by atoms with E-state index < -0.39 is 6.17 Å². The molecule has 0 saturated carbocycles. The van der Waals surface area contributed by atoms with Crippen LogP contribution in [0, 0.1) is 5.82 Å². The highest BCUT2D eigenvalue weighted by Gasteiger charge is 2.29. The summed E-state index contributed by atoms with van der Waals surface area (Å²) in [6.45, 7) is 2.52. The number of hydrogen-bond donors (Lipinski definition) is 2. The number of benzene rings is 3. The van der Waals surface area contributed by atoms with Crippen LogP contribution in [-0.2, 0) is 0 Å². The molecular weight excluding hydrogens is 483 g/mol.